The fourth-order valence-electron chi connectivity index (χ4n) is 2.00. The standard InChI is InChI=1S/C11H11N5O/c12-11-13-9(14-15-11)10(17)16-5-7-3-1-2-4-8(7)6-16/h1-4H,5-6H2,(H3,12,13,14,15). The van der Waals surface area contributed by atoms with Gasteiger partial charge in [0.15, 0.2) is 0 Å². The normalized spacial score (nSPS) is 13.8. The van der Waals surface area contributed by atoms with E-state index < -0.39 is 0 Å². The second-order valence-electron chi connectivity index (χ2n) is 3.97. The molecule has 3 rings (SSSR count). The molecule has 0 aliphatic carbocycles. The van der Waals surface area contributed by atoms with E-state index in [2.05, 4.69) is 15.2 Å². The average molecular weight is 229 g/mol. The quantitative estimate of drug-likeness (QED) is 0.747. The molecule has 0 spiro atoms. The number of amides is 1. The number of fused-ring (bicyclic) bond motifs is 1. The number of anilines is 1. The maximum Gasteiger partial charge on any atom is 0.291 e. The molecule has 1 aliphatic rings. The lowest BCUT2D eigenvalue weighted by atomic mass is 10.1. The Kier molecular flexibility index (Phi) is 2.07. The van der Waals surface area contributed by atoms with E-state index in [1.807, 2.05) is 24.3 Å². The first-order valence-corrected chi connectivity index (χ1v) is 5.28. The third-order valence-corrected chi connectivity index (χ3v) is 2.83. The Hall–Kier alpha value is -2.37. The van der Waals surface area contributed by atoms with Crippen molar-refractivity contribution in [3.8, 4) is 0 Å². The zero-order valence-corrected chi connectivity index (χ0v) is 9.05. The molecule has 86 valence electrons. The molecule has 2 aromatic rings. The predicted octanol–water partition coefficient (Wildman–Crippen LogP) is 0.543. The summed E-state index contributed by atoms with van der Waals surface area (Å²) in [6.07, 6.45) is 0. The van der Waals surface area contributed by atoms with Crippen LogP contribution in [0.2, 0.25) is 0 Å². The van der Waals surface area contributed by atoms with Crippen molar-refractivity contribution in [3.63, 3.8) is 0 Å². The lowest BCUT2D eigenvalue weighted by Gasteiger charge is -2.12. The molecular formula is C11H11N5O. The van der Waals surface area contributed by atoms with Gasteiger partial charge in [0.1, 0.15) is 0 Å². The van der Waals surface area contributed by atoms with Crippen LogP contribution in [0.15, 0.2) is 24.3 Å². The highest BCUT2D eigenvalue weighted by Gasteiger charge is 2.25. The molecule has 0 radical (unpaired) electrons. The first kappa shape index (κ1) is 9.83. The Balaban J connectivity index is 1.83. The van der Waals surface area contributed by atoms with E-state index in [1.54, 1.807) is 4.90 Å². The molecular weight excluding hydrogens is 218 g/mol. The van der Waals surface area contributed by atoms with Gasteiger partial charge in [-0.2, -0.15) is 4.98 Å². The van der Waals surface area contributed by atoms with Gasteiger partial charge in [-0.15, -0.1) is 5.10 Å². The van der Waals surface area contributed by atoms with Crippen LogP contribution in [0.3, 0.4) is 0 Å². The molecule has 0 saturated carbocycles. The average Bonchev–Trinajstić information content (AvgIpc) is 2.93. The number of hydrogen-bond acceptors (Lipinski definition) is 4. The molecule has 1 amide bonds. The van der Waals surface area contributed by atoms with Gasteiger partial charge in [-0.05, 0) is 11.1 Å². The van der Waals surface area contributed by atoms with Gasteiger partial charge in [0.05, 0.1) is 0 Å². The molecule has 1 aromatic heterocycles. The zero-order valence-electron chi connectivity index (χ0n) is 9.05. The summed E-state index contributed by atoms with van der Waals surface area (Å²) in [7, 11) is 0. The summed E-state index contributed by atoms with van der Waals surface area (Å²) >= 11 is 0. The van der Waals surface area contributed by atoms with Crippen molar-refractivity contribution in [2.45, 2.75) is 13.1 Å². The fourth-order valence-corrected chi connectivity index (χ4v) is 2.00. The zero-order chi connectivity index (χ0) is 11.8. The molecule has 0 atom stereocenters. The van der Waals surface area contributed by atoms with Crippen LogP contribution in [0.4, 0.5) is 5.95 Å². The summed E-state index contributed by atoms with van der Waals surface area (Å²) in [4.78, 5) is 17.6. The Morgan fingerprint density at radius 1 is 1.29 bits per heavy atom. The molecule has 3 N–H and O–H groups in total. The molecule has 0 saturated heterocycles. The highest BCUT2D eigenvalue weighted by Crippen LogP contribution is 2.23. The minimum Gasteiger partial charge on any atom is -0.366 e. The summed E-state index contributed by atoms with van der Waals surface area (Å²) in [5.74, 6) is 0.103. The lowest BCUT2D eigenvalue weighted by molar-refractivity contribution is 0.0739. The number of nitrogens with zero attached hydrogens (tertiary/aromatic N) is 3. The SMILES string of the molecule is Nc1n[nH]c(C(=O)N2Cc3ccccc3C2)n1. The molecule has 0 unspecified atom stereocenters. The van der Waals surface area contributed by atoms with E-state index in [4.69, 9.17) is 5.73 Å². The Morgan fingerprint density at radius 3 is 2.47 bits per heavy atom. The highest BCUT2D eigenvalue weighted by atomic mass is 16.2. The maximum absolute atomic E-state index is 12.1. The Morgan fingerprint density at radius 2 is 1.94 bits per heavy atom. The van der Waals surface area contributed by atoms with E-state index >= 15 is 0 Å². The number of benzene rings is 1. The second kappa shape index (κ2) is 3.58. The number of aromatic nitrogens is 3. The number of aromatic amines is 1. The van der Waals surface area contributed by atoms with E-state index in [0.717, 1.165) is 0 Å². The molecule has 17 heavy (non-hydrogen) atoms. The monoisotopic (exact) mass is 229 g/mol. The fraction of sp³-hybridized carbons (Fsp3) is 0.182. The summed E-state index contributed by atoms with van der Waals surface area (Å²) in [6.45, 7) is 1.21. The first-order valence-electron chi connectivity index (χ1n) is 5.28. The van der Waals surface area contributed by atoms with Crippen molar-refractivity contribution < 1.29 is 4.79 Å². The van der Waals surface area contributed by atoms with Crippen LogP contribution in [0.5, 0.6) is 0 Å². The van der Waals surface area contributed by atoms with Gasteiger partial charge in [-0.25, -0.2) is 0 Å². The van der Waals surface area contributed by atoms with Crippen molar-refractivity contribution in [2.24, 2.45) is 0 Å². The molecule has 0 bridgehead atoms. The van der Waals surface area contributed by atoms with Crippen molar-refractivity contribution in [1.29, 1.82) is 0 Å². The summed E-state index contributed by atoms with van der Waals surface area (Å²) in [5.41, 5.74) is 7.72. The second-order valence-corrected chi connectivity index (χ2v) is 3.97. The van der Waals surface area contributed by atoms with Crippen molar-refractivity contribution in [3.05, 3.63) is 41.2 Å². The number of nitrogens with two attached hydrogens (primary N) is 1. The van der Waals surface area contributed by atoms with Crippen molar-refractivity contribution in [2.75, 3.05) is 5.73 Å². The minimum absolute atomic E-state index is 0.0880. The van der Waals surface area contributed by atoms with Crippen molar-refractivity contribution in [1.82, 2.24) is 20.1 Å². The molecule has 6 nitrogen and oxygen atoms in total. The Bertz CT molecular complexity index is 552. The first-order chi connectivity index (χ1) is 8.24. The summed E-state index contributed by atoms with van der Waals surface area (Å²) in [6, 6.07) is 7.99. The number of carbonyl (C=O) groups is 1. The smallest absolute Gasteiger partial charge is 0.291 e. The highest BCUT2D eigenvalue weighted by molar-refractivity contribution is 5.91. The van der Waals surface area contributed by atoms with Crippen LogP contribution < -0.4 is 5.73 Å². The molecule has 2 heterocycles. The number of hydrogen-bond donors (Lipinski definition) is 2. The Labute approximate surface area is 97.5 Å². The minimum atomic E-state index is -0.176. The van der Waals surface area contributed by atoms with E-state index in [-0.39, 0.29) is 17.7 Å². The van der Waals surface area contributed by atoms with Crippen molar-refractivity contribution >= 4 is 11.9 Å². The van der Waals surface area contributed by atoms with Crippen LogP contribution in [0.1, 0.15) is 21.7 Å². The van der Waals surface area contributed by atoms with Crippen LogP contribution in [0.25, 0.3) is 0 Å². The molecule has 6 heteroatoms. The number of H-pyrrole nitrogens is 1. The topological polar surface area (TPSA) is 87.9 Å². The van der Waals surface area contributed by atoms with Gasteiger partial charge in [0, 0.05) is 13.1 Å². The summed E-state index contributed by atoms with van der Waals surface area (Å²) < 4.78 is 0. The number of nitrogens with one attached hydrogen (secondary N) is 1. The van der Waals surface area contributed by atoms with Gasteiger partial charge in [-0.3, -0.25) is 9.89 Å². The number of nitrogen functional groups attached to an aromatic ring is 1. The molecule has 1 aromatic carbocycles. The summed E-state index contributed by atoms with van der Waals surface area (Å²) in [5, 5.41) is 6.18. The van der Waals surface area contributed by atoms with Gasteiger partial charge in [0.2, 0.25) is 11.8 Å². The van der Waals surface area contributed by atoms with Gasteiger partial charge in [0.25, 0.3) is 5.91 Å². The van der Waals surface area contributed by atoms with E-state index in [0.29, 0.717) is 13.1 Å². The van der Waals surface area contributed by atoms with Gasteiger partial charge < -0.3 is 10.6 Å². The third kappa shape index (κ3) is 1.63. The van der Waals surface area contributed by atoms with Gasteiger partial charge >= 0.3 is 0 Å². The molecule has 0 fully saturated rings. The number of rotatable bonds is 1. The van der Waals surface area contributed by atoms with E-state index in [9.17, 15) is 4.79 Å². The van der Waals surface area contributed by atoms with Gasteiger partial charge in [-0.1, -0.05) is 24.3 Å². The van der Waals surface area contributed by atoms with Crippen LogP contribution in [-0.4, -0.2) is 26.0 Å². The third-order valence-electron chi connectivity index (χ3n) is 2.83. The van der Waals surface area contributed by atoms with Crippen LogP contribution >= 0.6 is 0 Å². The largest absolute Gasteiger partial charge is 0.366 e. The number of carbonyl (C=O) groups excluding carboxylic acids is 1. The van der Waals surface area contributed by atoms with Crippen LogP contribution in [-0.2, 0) is 13.1 Å². The lowest BCUT2D eigenvalue weighted by Crippen LogP contribution is -2.26. The van der Waals surface area contributed by atoms with Crippen LogP contribution in [0, 0.1) is 0 Å². The maximum atomic E-state index is 12.1. The van der Waals surface area contributed by atoms with E-state index in [1.165, 1.54) is 11.1 Å². The molecule has 1 aliphatic heterocycles. The predicted molar refractivity (Wildman–Crippen MR) is 60.8 cm³/mol.